The molecule has 1 aromatic rings. The Kier molecular flexibility index (Phi) is 5.78. The highest BCUT2D eigenvalue weighted by Gasteiger charge is 2.23. The minimum Gasteiger partial charge on any atom is -0.329 e. The standard InChI is InChI=1S/C13H22N2O2S/c1-3-13(10-14)18(16,17)15-11(2)9-12-7-5-4-6-8-12/h4-8,11,13,15H,3,9-10,14H2,1-2H3. The molecule has 2 unspecified atom stereocenters. The fourth-order valence-corrected chi connectivity index (χ4v) is 3.43. The molecule has 0 aliphatic carbocycles. The lowest BCUT2D eigenvalue weighted by atomic mass is 10.1. The van der Waals surface area contributed by atoms with Crippen molar-refractivity contribution in [2.24, 2.45) is 5.73 Å². The van der Waals surface area contributed by atoms with Crippen LogP contribution < -0.4 is 10.5 Å². The summed E-state index contributed by atoms with van der Waals surface area (Å²) in [6.45, 7) is 3.86. The van der Waals surface area contributed by atoms with Crippen LogP contribution >= 0.6 is 0 Å². The molecule has 0 amide bonds. The lowest BCUT2D eigenvalue weighted by Crippen LogP contribution is -2.43. The van der Waals surface area contributed by atoms with Crippen LogP contribution in [-0.2, 0) is 16.4 Å². The third-order valence-electron chi connectivity index (χ3n) is 2.91. The zero-order chi connectivity index (χ0) is 13.6. The van der Waals surface area contributed by atoms with E-state index in [4.69, 9.17) is 5.73 Å². The van der Waals surface area contributed by atoms with Crippen molar-refractivity contribution in [1.29, 1.82) is 0 Å². The van der Waals surface area contributed by atoms with Gasteiger partial charge in [-0.1, -0.05) is 37.3 Å². The highest BCUT2D eigenvalue weighted by atomic mass is 32.2. The minimum atomic E-state index is -3.32. The molecule has 0 aromatic heterocycles. The van der Waals surface area contributed by atoms with Gasteiger partial charge in [0.2, 0.25) is 10.0 Å². The van der Waals surface area contributed by atoms with Gasteiger partial charge in [0.15, 0.2) is 0 Å². The van der Waals surface area contributed by atoms with E-state index >= 15 is 0 Å². The van der Waals surface area contributed by atoms with Gasteiger partial charge in [-0.05, 0) is 25.3 Å². The second-order valence-electron chi connectivity index (χ2n) is 4.52. The van der Waals surface area contributed by atoms with E-state index < -0.39 is 15.3 Å². The summed E-state index contributed by atoms with van der Waals surface area (Å²) >= 11 is 0. The van der Waals surface area contributed by atoms with Crippen LogP contribution in [0.15, 0.2) is 30.3 Å². The van der Waals surface area contributed by atoms with Gasteiger partial charge < -0.3 is 5.73 Å². The monoisotopic (exact) mass is 270 g/mol. The van der Waals surface area contributed by atoms with E-state index in [9.17, 15) is 8.42 Å². The Balaban J connectivity index is 2.62. The molecule has 5 heteroatoms. The number of rotatable bonds is 7. The quantitative estimate of drug-likeness (QED) is 0.784. The van der Waals surface area contributed by atoms with Gasteiger partial charge in [-0.15, -0.1) is 0 Å². The van der Waals surface area contributed by atoms with Crippen molar-refractivity contribution < 1.29 is 8.42 Å². The highest BCUT2D eigenvalue weighted by Crippen LogP contribution is 2.07. The molecule has 1 aromatic carbocycles. The second-order valence-corrected chi connectivity index (χ2v) is 6.51. The van der Waals surface area contributed by atoms with Crippen LogP contribution in [0.4, 0.5) is 0 Å². The molecule has 1 rings (SSSR count). The maximum absolute atomic E-state index is 12.0. The maximum atomic E-state index is 12.0. The van der Waals surface area contributed by atoms with Crippen LogP contribution in [0.2, 0.25) is 0 Å². The molecule has 2 atom stereocenters. The Labute approximate surface area is 110 Å². The number of hydrogen-bond acceptors (Lipinski definition) is 3. The van der Waals surface area contributed by atoms with E-state index in [1.54, 1.807) is 0 Å². The Morgan fingerprint density at radius 1 is 1.28 bits per heavy atom. The number of sulfonamides is 1. The predicted octanol–water partition coefficient (Wildman–Crippen LogP) is 1.27. The SMILES string of the molecule is CCC(CN)S(=O)(=O)NC(C)Cc1ccccc1. The minimum absolute atomic E-state index is 0.127. The van der Waals surface area contributed by atoms with Gasteiger partial charge in [0.25, 0.3) is 0 Å². The Hall–Kier alpha value is -0.910. The van der Waals surface area contributed by atoms with Gasteiger partial charge in [-0.2, -0.15) is 0 Å². The zero-order valence-corrected chi connectivity index (χ0v) is 11.8. The van der Waals surface area contributed by atoms with E-state index in [-0.39, 0.29) is 12.6 Å². The molecule has 0 spiro atoms. The number of nitrogens with two attached hydrogens (primary N) is 1. The molecule has 0 saturated heterocycles. The van der Waals surface area contributed by atoms with Crippen LogP contribution in [-0.4, -0.2) is 26.3 Å². The molecule has 3 N–H and O–H groups in total. The molecule has 0 fully saturated rings. The average Bonchev–Trinajstić information content (AvgIpc) is 2.30. The van der Waals surface area contributed by atoms with Crippen molar-refractivity contribution in [2.75, 3.05) is 6.54 Å². The Morgan fingerprint density at radius 2 is 1.89 bits per heavy atom. The summed E-state index contributed by atoms with van der Waals surface area (Å²) in [5.74, 6) is 0. The van der Waals surface area contributed by atoms with E-state index in [1.165, 1.54) is 0 Å². The fourth-order valence-electron chi connectivity index (χ4n) is 1.90. The predicted molar refractivity (Wildman–Crippen MR) is 74.8 cm³/mol. The summed E-state index contributed by atoms with van der Waals surface area (Å²) in [7, 11) is -3.32. The number of benzene rings is 1. The van der Waals surface area contributed by atoms with E-state index in [1.807, 2.05) is 44.2 Å². The van der Waals surface area contributed by atoms with E-state index in [2.05, 4.69) is 4.72 Å². The number of nitrogens with one attached hydrogen (secondary N) is 1. The molecule has 0 heterocycles. The van der Waals surface area contributed by atoms with Crippen LogP contribution in [0.25, 0.3) is 0 Å². The summed E-state index contributed by atoms with van der Waals surface area (Å²) in [6.07, 6.45) is 1.21. The first-order valence-corrected chi connectivity index (χ1v) is 7.79. The van der Waals surface area contributed by atoms with Crippen molar-refractivity contribution in [2.45, 2.75) is 38.0 Å². The number of hydrogen-bond donors (Lipinski definition) is 2. The van der Waals surface area contributed by atoms with E-state index in [0.717, 1.165) is 5.56 Å². The molecule has 18 heavy (non-hydrogen) atoms. The van der Waals surface area contributed by atoms with Crippen LogP contribution in [0.5, 0.6) is 0 Å². The molecule has 102 valence electrons. The van der Waals surface area contributed by atoms with Gasteiger partial charge in [0, 0.05) is 12.6 Å². The summed E-state index contributed by atoms with van der Waals surface area (Å²) in [6, 6.07) is 9.70. The van der Waals surface area contributed by atoms with Crippen molar-refractivity contribution >= 4 is 10.0 Å². The van der Waals surface area contributed by atoms with Crippen LogP contribution in [0, 0.1) is 0 Å². The summed E-state index contributed by atoms with van der Waals surface area (Å²) in [4.78, 5) is 0. The third-order valence-corrected chi connectivity index (χ3v) is 5.04. The first kappa shape index (κ1) is 15.1. The van der Waals surface area contributed by atoms with Crippen LogP contribution in [0.3, 0.4) is 0 Å². The molecule has 0 saturated carbocycles. The zero-order valence-electron chi connectivity index (χ0n) is 11.0. The Morgan fingerprint density at radius 3 is 2.39 bits per heavy atom. The average molecular weight is 270 g/mol. The van der Waals surface area contributed by atoms with Crippen molar-refractivity contribution in [3.05, 3.63) is 35.9 Å². The molecule has 0 bridgehead atoms. The van der Waals surface area contributed by atoms with Gasteiger partial charge >= 0.3 is 0 Å². The largest absolute Gasteiger partial charge is 0.329 e. The lowest BCUT2D eigenvalue weighted by molar-refractivity contribution is 0.541. The maximum Gasteiger partial charge on any atom is 0.215 e. The van der Waals surface area contributed by atoms with Gasteiger partial charge in [0.1, 0.15) is 0 Å². The van der Waals surface area contributed by atoms with Crippen molar-refractivity contribution in [1.82, 2.24) is 4.72 Å². The topological polar surface area (TPSA) is 72.2 Å². The molecule has 0 radical (unpaired) electrons. The lowest BCUT2D eigenvalue weighted by Gasteiger charge is -2.19. The van der Waals surface area contributed by atoms with Crippen LogP contribution in [0.1, 0.15) is 25.8 Å². The highest BCUT2D eigenvalue weighted by molar-refractivity contribution is 7.90. The summed E-state index contributed by atoms with van der Waals surface area (Å²) in [5.41, 5.74) is 6.60. The normalized spacial score (nSPS) is 15.3. The summed E-state index contributed by atoms with van der Waals surface area (Å²) < 4.78 is 26.7. The van der Waals surface area contributed by atoms with Crippen molar-refractivity contribution in [3.63, 3.8) is 0 Å². The smallest absolute Gasteiger partial charge is 0.215 e. The first-order valence-electron chi connectivity index (χ1n) is 6.24. The van der Waals surface area contributed by atoms with Gasteiger partial charge in [-0.3, -0.25) is 0 Å². The summed E-state index contributed by atoms with van der Waals surface area (Å²) in [5, 5.41) is -0.504. The third kappa shape index (κ3) is 4.40. The molecule has 0 aliphatic rings. The molecule has 4 nitrogen and oxygen atoms in total. The molecular weight excluding hydrogens is 248 g/mol. The molecular formula is C13H22N2O2S. The fraction of sp³-hybridized carbons (Fsp3) is 0.538. The van der Waals surface area contributed by atoms with E-state index in [0.29, 0.717) is 12.8 Å². The van der Waals surface area contributed by atoms with Gasteiger partial charge in [0.05, 0.1) is 5.25 Å². The van der Waals surface area contributed by atoms with Gasteiger partial charge in [-0.25, -0.2) is 13.1 Å². The molecule has 0 aliphatic heterocycles. The second kappa shape index (κ2) is 6.87. The Bertz CT molecular complexity index is 441. The first-order chi connectivity index (χ1) is 8.49. The van der Waals surface area contributed by atoms with Crippen molar-refractivity contribution in [3.8, 4) is 0 Å².